The van der Waals surface area contributed by atoms with Crippen molar-refractivity contribution in [3.63, 3.8) is 0 Å². The highest BCUT2D eigenvalue weighted by atomic mass is 32.2. The number of nitrogens with one attached hydrogen (secondary N) is 1. The van der Waals surface area contributed by atoms with Gasteiger partial charge in [0.05, 0.1) is 18.1 Å². The Morgan fingerprint density at radius 3 is 2.59 bits per heavy atom. The van der Waals surface area contributed by atoms with Crippen molar-refractivity contribution in [1.29, 1.82) is 0 Å². The molecule has 1 aromatic carbocycles. The van der Waals surface area contributed by atoms with E-state index in [2.05, 4.69) is 5.32 Å². The molecule has 0 aliphatic carbocycles. The number of rotatable bonds is 7. The van der Waals surface area contributed by atoms with Gasteiger partial charge >= 0.3 is 0 Å². The summed E-state index contributed by atoms with van der Waals surface area (Å²) in [5.41, 5.74) is 2.09. The molecular weight excluding hydrogens is 238 g/mol. The normalized spacial score (nSPS) is 11.4. The second kappa shape index (κ2) is 6.61. The van der Waals surface area contributed by atoms with Gasteiger partial charge in [0.1, 0.15) is 0 Å². The Bertz CT molecular complexity index is 443. The van der Waals surface area contributed by atoms with Crippen molar-refractivity contribution in [2.24, 2.45) is 0 Å². The third-order valence-electron chi connectivity index (χ3n) is 2.47. The molecule has 0 aliphatic heterocycles. The summed E-state index contributed by atoms with van der Waals surface area (Å²) >= 11 is 0. The molecule has 17 heavy (non-hydrogen) atoms. The zero-order valence-electron chi connectivity index (χ0n) is 10.3. The van der Waals surface area contributed by atoms with Gasteiger partial charge in [-0.2, -0.15) is 0 Å². The van der Waals surface area contributed by atoms with Gasteiger partial charge in [-0.05, 0) is 18.6 Å². The molecule has 5 heteroatoms. The van der Waals surface area contributed by atoms with Crippen LogP contribution in [0.15, 0.2) is 24.3 Å². The van der Waals surface area contributed by atoms with E-state index in [0.29, 0.717) is 6.54 Å². The topological polar surface area (TPSA) is 55.4 Å². The van der Waals surface area contributed by atoms with Gasteiger partial charge in [-0.15, -0.1) is 0 Å². The molecule has 0 spiro atoms. The molecule has 0 unspecified atom stereocenters. The molecule has 0 heterocycles. The molecule has 0 aromatic heterocycles. The number of benzene rings is 1. The summed E-state index contributed by atoms with van der Waals surface area (Å²) in [5.74, 6) is 0.212. The summed E-state index contributed by atoms with van der Waals surface area (Å²) in [5, 5.41) is 3.13. The van der Waals surface area contributed by atoms with Crippen molar-refractivity contribution in [2.75, 3.05) is 37.1 Å². The number of para-hydroxylation sites is 1. The van der Waals surface area contributed by atoms with Crippen molar-refractivity contribution in [3.05, 3.63) is 29.8 Å². The summed E-state index contributed by atoms with van der Waals surface area (Å²) < 4.78 is 27.9. The van der Waals surface area contributed by atoms with Crippen LogP contribution in [0.25, 0.3) is 0 Å². The van der Waals surface area contributed by atoms with Crippen molar-refractivity contribution in [3.8, 4) is 0 Å². The number of hydrogen-bond donors (Lipinski definition) is 1. The lowest BCUT2D eigenvalue weighted by Crippen LogP contribution is -2.20. The maximum atomic E-state index is 11.5. The predicted molar refractivity (Wildman–Crippen MR) is 70.2 cm³/mol. The lowest BCUT2D eigenvalue weighted by Gasteiger charge is -2.09. The molecule has 0 saturated carbocycles. The minimum atomic E-state index is -3.01. The molecule has 1 N–H and O–H groups in total. The molecule has 1 rings (SSSR count). The summed E-state index contributed by atoms with van der Waals surface area (Å²) in [6.45, 7) is 2.67. The second-order valence-corrected chi connectivity index (χ2v) is 6.19. The molecule has 96 valence electrons. The van der Waals surface area contributed by atoms with Gasteiger partial charge in [-0.3, -0.25) is 0 Å². The molecule has 0 fully saturated rings. The molecule has 0 saturated heterocycles. The first-order chi connectivity index (χ1) is 8.05. The Kier molecular flexibility index (Phi) is 5.44. The Morgan fingerprint density at radius 1 is 1.24 bits per heavy atom. The van der Waals surface area contributed by atoms with Crippen LogP contribution in [-0.2, 0) is 14.6 Å². The van der Waals surface area contributed by atoms with E-state index in [1.807, 2.05) is 31.2 Å². The molecule has 1 aromatic rings. The van der Waals surface area contributed by atoms with Crippen LogP contribution in [0.2, 0.25) is 0 Å². The third kappa shape index (κ3) is 5.19. The first-order valence-corrected chi connectivity index (χ1v) is 7.36. The van der Waals surface area contributed by atoms with Crippen molar-refractivity contribution >= 4 is 15.5 Å². The highest BCUT2D eigenvalue weighted by Crippen LogP contribution is 2.12. The minimum Gasteiger partial charge on any atom is -0.384 e. The van der Waals surface area contributed by atoms with E-state index in [1.165, 1.54) is 7.11 Å². The fourth-order valence-electron chi connectivity index (χ4n) is 1.42. The van der Waals surface area contributed by atoms with E-state index in [-0.39, 0.29) is 18.1 Å². The average molecular weight is 257 g/mol. The standard InChI is InChI=1S/C12H19NO3S/c1-11-5-3-4-6-12(11)13-7-9-17(14,15)10-8-16-2/h3-6,13H,7-10H2,1-2H3. The maximum Gasteiger partial charge on any atom is 0.154 e. The van der Waals surface area contributed by atoms with Crippen LogP contribution < -0.4 is 5.32 Å². The fourth-order valence-corrected chi connectivity index (χ4v) is 2.46. The van der Waals surface area contributed by atoms with E-state index in [0.717, 1.165) is 11.3 Å². The van der Waals surface area contributed by atoms with Crippen molar-refractivity contribution < 1.29 is 13.2 Å². The number of sulfone groups is 1. The summed E-state index contributed by atoms with van der Waals surface area (Å²) in [4.78, 5) is 0. The molecule has 0 aliphatic rings. The quantitative estimate of drug-likeness (QED) is 0.803. The minimum absolute atomic E-state index is 0.0823. The zero-order chi connectivity index (χ0) is 12.7. The van der Waals surface area contributed by atoms with Crippen LogP contribution in [0, 0.1) is 6.92 Å². The number of ether oxygens (including phenoxy) is 1. The van der Waals surface area contributed by atoms with Gasteiger partial charge in [0.2, 0.25) is 0 Å². The number of hydrogen-bond acceptors (Lipinski definition) is 4. The molecule has 0 amide bonds. The fraction of sp³-hybridized carbons (Fsp3) is 0.500. The third-order valence-corrected chi connectivity index (χ3v) is 4.09. The van der Waals surface area contributed by atoms with Crippen molar-refractivity contribution in [2.45, 2.75) is 6.92 Å². The molecule has 0 atom stereocenters. The van der Waals surface area contributed by atoms with Crippen molar-refractivity contribution in [1.82, 2.24) is 0 Å². The van der Waals surface area contributed by atoms with Crippen LogP contribution in [-0.4, -0.2) is 40.2 Å². The van der Waals surface area contributed by atoms with Crippen LogP contribution >= 0.6 is 0 Å². The monoisotopic (exact) mass is 257 g/mol. The van der Waals surface area contributed by atoms with E-state index in [9.17, 15) is 8.42 Å². The second-order valence-electron chi connectivity index (χ2n) is 3.89. The highest BCUT2D eigenvalue weighted by molar-refractivity contribution is 7.91. The van der Waals surface area contributed by atoms with Crippen LogP contribution in [0.5, 0.6) is 0 Å². The zero-order valence-corrected chi connectivity index (χ0v) is 11.1. The van der Waals surface area contributed by atoms with Gasteiger partial charge in [0.15, 0.2) is 9.84 Å². The summed E-state index contributed by atoms with van der Waals surface area (Å²) in [6, 6.07) is 7.81. The number of anilines is 1. The maximum absolute atomic E-state index is 11.5. The van der Waals surface area contributed by atoms with Gasteiger partial charge < -0.3 is 10.1 Å². The lowest BCUT2D eigenvalue weighted by atomic mass is 10.2. The Morgan fingerprint density at radius 2 is 1.94 bits per heavy atom. The van der Waals surface area contributed by atoms with E-state index < -0.39 is 9.84 Å². The van der Waals surface area contributed by atoms with Gasteiger partial charge in [-0.25, -0.2) is 8.42 Å². The average Bonchev–Trinajstić information content (AvgIpc) is 2.29. The smallest absolute Gasteiger partial charge is 0.154 e. The summed E-state index contributed by atoms with van der Waals surface area (Å²) in [6.07, 6.45) is 0. The largest absolute Gasteiger partial charge is 0.384 e. The Balaban J connectivity index is 2.40. The first-order valence-electron chi connectivity index (χ1n) is 5.54. The molecule has 4 nitrogen and oxygen atoms in total. The molecule has 0 radical (unpaired) electrons. The number of methoxy groups -OCH3 is 1. The van der Waals surface area contributed by atoms with Crippen LogP contribution in [0.3, 0.4) is 0 Å². The summed E-state index contributed by atoms with van der Waals surface area (Å²) in [7, 11) is -1.51. The van der Waals surface area contributed by atoms with Crippen LogP contribution in [0.4, 0.5) is 5.69 Å². The van der Waals surface area contributed by atoms with Gasteiger partial charge in [0, 0.05) is 19.3 Å². The van der Waals surface area contributed by atoms with E-state index >= 15 is 0 Å². The number of aryl methyl sites for hydroxylation is 1. The SMILES string of the molecule is COCCS(=O)(=O)CCNc1ccccc1C. The van der Waals surface area contributed by atoms with E-state index in [1.54, 1.807) is 0 Å². The van der Waals surface area contributed by atoms with E-state index in [4.69, 9.17) is 4.74 Å². The van der Waals surface area contributed by atoms with Crippen LogP contribution in [0.1, 0.15) is 5.56 Å². The Labute approximate surface area is 103 Å². The first kappa shape index (κ1) is 14.0. The van der Waals surface area contributed by atoms with Gasteiger partial charge in [-0.1, -0.05) is 18.2 Å². The Hall–Kier alpha value is -1.07. The molecule has 0 bridgehead atoms. The van der Waals surface area contributed by atoms with Gasteiger partial charge in [0.25, 0.3) is 0 Å². The highest BCUT2D eigenvalue weighted by Gasteiger charge is 2.09. The lowest BCUT2D eigenvalue weighted by molar-refractivity contribution is 0.217. The predicted octanol–water partition coefficient (Wildman–Crippen LogP) is 1.47. The molecular formula is C12H19NO3S.